The lowest BCUT2D eigenvalue weighted by atomic mass is 9.79. The van der Waals surface area contributed by atoms with Crippen LogP contribution in [0.5, 0.6) is 0 Å². The number of rotatable bonds is 2. The van der Waals surface area contributed by atoms with Gasteiger partial charge >= 0.3 is 5.97 Å². The van der Waals surface area contributed by atoms with Gasteiger partial charge in [0, 0.05) is 12.0 Å². The Morgan fingerprint density at radius 2 is 1.94 bits per heavy atom. The highest BCUT2D eigenvalue weighted by atomic mass is 16.4. The molecule has 2 N–H and O–H groups in total. The van der Waals surface area contributed by atoms with Crippen LogP contribution in [0.2, 0.25) is 0 Å². The molecule has 0 spiro atoms. The summed E-state index contributed by atoms with van der Waals surface area (Å²) in [6.45, 7) is 4.25. The number of carboxylic acid groups (broad SMARTS) is 1. The van der Waals surface area contributed by atoms with Crippen molar-refractivity contribution >= 4 is 11.9 Å². The van der Waals surface area contributed by atoms with Crippen LogP contribution in [0.3, 0.4) is 0 Å². The number of carbonyl (C=O) groups is 2. The van der Waals surface area contributed by atoms with Gasteiger partial charge in [0.25, 0.3) is 0 Å². The minimum absolute atomic E-state index is 0.0381. The average Bonchev–Trinajstić information content (AvgIpc) is 2.38. The fourth-order valence-electron chi connectivity index (χ4n) is 2.97. The average molecular weight is 254 g/mol. The van der Waals surface area contributed by atoms with Crippen LogP contribution >= 0.6 is 0 Å². The minimum Gasteiger partial charge on any atom is -0.480 e. The van der Waals surface area contributed by atoms with Crippen LogP contribution < -0.4 is 5.32 Å². The maximum Gasteiger partial charge on any atom is 0.326 e. The number of likely N-dealkylation sites (tertiary alicyclic amines) is 1. The number of carboxylic acids is 1. The molecule has 0 aromatic heterocycles. The van der Waals surface area contributed by atoms with Gasteiger partial charge in [-0.25, -0.2) is 4.79 Å². The standard InChI is InChI=1S/C13H22N2O3/c1-13(5-7-14-8-6-13)12(18)15-9-3-2-4-10(15)11(16)17/h10,14H,2-9H2,1H3,(H,16,17)/t10-/m1/s1. The highest BCUT2D eigenvalue weighted by molar-refractivity contribution is 5.87. The molecule has 2 aliphatic rings. The van der Waals surface area contributed by atoms with E-state index < -0.39 is 12.0 Å². The summed E-state index contributed by atoms with van der Waals surface area (Å²) in [6, 6.07) is -0.613. The second kappa shape index (κ2) is 5.26. The lowest BCUT2D eigenvalue weighted by Crippen LogP contribution is -2.54. The third kappa shape index (κ3) is 2.51. The van der Waals surface area contributed by atoms with E-state index in [1.165, 1.54) is 0 Å². The molecular formula is C13H22N2O3. The van der Waals surface area contributed by atoms with Crippen LogP contribution in [0.4, 0.5) is 0 Å². The Hall–Kier alpha value is -1.10. The molecule has 0 aromatic rings. The van der Waals surface area contributed by atoms with Crippen LogP contribution in [-0.2, 0) is 9.59 Å². The molecule has 2 heterocycles. The monoisotopic (exact) mass is 254 g/mol. The first-order valence-corrected chi connectivity index (χ1v) is 6.79. The van der Waals surface area contributed by atoms with Gasteiger partial charge in [0.05, 0.1) is 0 Å². The normalized spacial score (nSPS) is 27.8. The number of nitrogens with one attached hydrogen (secondary N) is 1. The summed E-state index contributed by atoms with van der Waals surface area (Å²) in [5, 5.41) is 12.5. The molecule has 102 valence electrons. The molecule has 0 aromatic carbocycles. The third-order valence-corrected chi connectivity index (χ3v) is 4.27. The maximum atomic E-state index is 12.6. The Labute approximate surface area is 108 Å². The summed E-state index contributed by atoms with van der Waals surface area (Å²) < 4.78 is 0. The first kappa shape index (κ1) is 13.3. The number of hydrogen-bond donors (Lipinski definition) is 2. The van der Waals surface area contributed by atoms with Gasteiger partial charge in [-0.05, 0) is 45.2 Å². The summed E-state index contributed by atoms with van der Waals surface area (Å²) in [7, 11) is 0. The fraction of sp³-hybridized carbons (Fsp3) is 0.846. The first-order valence-electron chi connectivity index (χ1n) is 6.79. The zero-order valence-corrected chi connectivity index (χ0v) is 10.9. The summed E-state index contributed by atoms with van der Waals surface area (Å²) in [5.41, 5.74) is -0.379. The molecule has 0 unspecified atom stereocenters. The maximum absolute atomic E-state index is 12.6. The van der Waals surface area contributed by atoms with Gasteiger partial charge in [-0.2, -0.15) is 0 Å². The molecule has 1 atom stereocenters. The Morgan fingerprint density at radius 1 is 1.28 bits per heavy atom. The van der Waals surface area contributed by atoms with Gasteiger partial charge in [-0.1, -0.05) is 6.92 Å². The molecule has 0 radical (unpaired) electrons. The van der Waals surface area contributed by atoms with Gasteiger partial charge in [0.2, 0.25) is 5.91 Å². The van der Waals surface area contributed by atoms with Gasteiger partial charge in [0.15, 0.2) is 0 Å². The van der Waals surface area contributed by atoms with Crippen LogP contribution in [0, 0.1) is 5.41 Å². The van der Waals surface area contributed by atoms with E-state index in [1.54, 1.807) is 4.90 Å². The molecule has 2 rings (SSSR count). The van der Waals surface area contributed by atoms with E-state index in [4.69, 9.17) is 0 Å². The van der Waals surface area contributed by atoms with E-state index in [2.05, 4.69) is 5.32 Å². The molecule has 0 aliphatic carbocycles. The van der Waals surface area contributed by atoms with Crippen molar-refractivity contribution in [2.24, 2.45) is 5.41 Å². The zero-order chi connectivity index (χ0) is 13.2. The summed E-state index contributed by atoms with van der Waals surface area (Å²) in [4.78, 5) is 25.5. The van der Waals surface area contributed by atoms with Crippen molar-refractivity contribution in [2.75, 3.05) is 19.6 Å². The molecule has 0 bridgehead atoms. The van der Waals surface area contributed by atoms with Gasteiger partial charge in [-0.3, -0.25) is 4.79 Å². The third-order valence-electron chi connectivity index (χ3n) is 4.27. The highest BCUT2D eigenvalue weighted by Crippen LogP contribution is 2.33. The quantitative estimate of drug-likeness (QED) is 0.766. The Bertz CT molecular complexity index is 337. The summed E-state index contributed by atoms with van der Waals surface area (Å²) in [5.74, 6) is -0.823. The summed E-state index contributed by atoms with van der Waals surface area (Å²) >= 11 is 0. The van der Waals surface area contributed by atoms with E-state index in [0.29, 0.717) is 13.0 Å². The van der Waals surface area contributed by atoms with E-state index in [9.17, 15) is 14.7 Å². The molecule has 5 heteroatoms. The van der Waals surface area contributed by atoms with Crippen molar-refractivity contribution < 1.29 is 14.7 Å². The Balaban J connectivity index is 2.12. The SMILES string of the molecule is CC1(C(=O)N2CCCC[C@@H]2C(=O)O)CCNCC1. The van der Waals surface area contributed by atoms with E-state index in [-0.39, 0.29) is 11.3 Å². The van der Waals surface area contributed by atoms with Crippen LogP contribution in [-0.4, -0.2) is 47.6 Å². The largest absolute Gasteiger partial charge is 0.480 e. The van der Waals surface area contributed by atoms with Gasteiger partial charge < -0.3 is 15.3 Å². The number of carbonyl (C=O) groups excluding carboxylic acids is 1. The van der Waals surface area contributed by atoms with Gasteiger partial charge in [-0.15, -0.1) is 0 Å². The molecule has 0 saturated carbocycles. The second-order valence-corrected chi connectivity index (χ2v) is 5.66. The highest BCUT2D eigenvalue weighted by Gasteiger charge is 2.42. The van der Waals surface area contributed by atoms with Crippen molar-refractivity contribution in [3.8, 4) is 0 Å². The molecule has 5 nitrogen and oxygen atoms in total. The molecule has 1 amide bonds. The number of aliphatic carboxylic acids is 1. The fourth-order valence-corrected chi connectivity index (χ4v) is 2.97. The van der Waals surface area contributed by atoms with Crippen molar-refractivity contribution in [2.45, 2.75) is 45.1 Å². The van der Waals surface area contributed by atoms with Crippen molar-refractivity contribution in [3.05, 3.63) is 0 Å². The number of nitrogens with zero attached hydrogens (tertiary/aromatic N) is 1. The number of hydrogen-bond acceptors (Lipinski definition) is 3. The zero-order valence-electron chi connectivity index (χ0n) is 10.9. The predicted octanol–water partition coefficient (Wildman–Crippen LogP) is 0.842. The predicted molar refractivity (Wildman–Crippen MR) is 67.2 cm³/mol. The first-order chi connectivity index (χ1) is 8.54. The van der Waals surface area contributed by atoms with E-state index in [0.717, 1.165) is 38.8 Å². The van der Waals surface area contributed by atoms with Crippen LogP contribution in [0.15, 0.2) is 0 Å². The smallest absolute Gasteiger partial charge is 0.326 e. The minimum atomic E-state index is -0.861. The molecular weight excluding hydrogens is 232 g/mol. The number of amides is 1. The van der Waals surface area contributed by atoms with Crippen molar-refractivity contribution in [1.29, 1.82) is 0 Å². The second-order valence-electron chi connectivity index (χ2n) is 5.66. The Morgan fingerprint density at radius 3 is 2.56 bits per heavy atom. The molecule has 2 saturated heterocycles. The Kier molecular flexibility index (Phi) is 3.90. The summed E-state index contributed by atoms with van der Waals surface area (Å²) in [6.07, 6.45) is 4.02. The van der Waals surface area contributed by atoms with Crippen molar-refractivity contribution in [1.82, 2.24) is 10.2 Å². The molecule has 2 aliphatic heterocycles. The van der Waals surface area contributed by atoms with Crippen molar-refractivity contribution in [3.63, 3.8) is 0 Å². The topological polar surface area (TPSA) is 69.6 Å². The lowest BCUT2D eigenvalue weighted by molar-refractivity contribution is -0.157. The van der Waals surface area contributed by atoms with Crippen LogP contribution in [0.1, 0.15) is 39.0 Å². The van der Waals surface area contributed by atoms with Gasteiger partial charge in [0.1, 0.15) is 6.04 Å². The number of piperidine rings is 2. The van der Waals surface area contributed by atoms with E-state index >= 15 is 0 Å². The van der Waals surface area contributed by atoms with Crippen LogP contribution in [0.25, 0.3) is 0 Å². The van der Waals surface area contributed by atoms with E-state index in [1.807, 2.05) is 6.92 Å². The molecule has 18 heavy (non-hydrogen) atoms. The lowest BCUT2D eigenvalue weighted by Gasteiger charge is -2.41. The molecule has 2 fully saturated rings.